The lowest BCUT2D eigenvalue weighted by atomic mass is 10.1. The minimum absolute atomic E-state index is 0.243. The van der Waals surface area contributed by atoms with Crippen molar-refractivity contribution in [1.29, 1.82) is 0 Å². The SMILES string of the molecule is Cc1cccc(CNS(=O)(=O)c2cc(C)cc(N)c2C)c1. The third kappa shape index (κ3) is 3.62. The van der Waals surface area contributed by atoms with Crippen molar-refractivity contribution < 1.29 is 8.42 Å². The summed E-state index contributed by atoms with van der Waals surface area (Å²) < 4.78 is 27.5. The standard InChI is InChI=1S/C16H20N2O2S/c1-11-5-4-6-14(7-11)10-18-21(19,20)16-9-12(2)8-15(17)13(16)3/h4-9,18H,10,17H2,1-3H3. The Bertz CT molecular complexity index is 768. The molecule has 0 aliphatic rings. The first-order chi connectivity index (χ1) is 9.79. The van der Waals surface area contributed by atoms with Gasteiger partial charge in [-0.3, -0.25) is 0 Å². The van der Waals surface area contributed by atoms with E-state index in [2.05, 4.69) is 4.72 Å². The highest BCUT2D eigenvalue weighted by molar-refractivity contribution is 7.89. The summed E-state index contributed by atoms with van der Waals surface area (Å²) in [4.78, 5) is 0.243. The van der Waals surface area contributed by atoms with Crippen molar-refractivity contribution in [2.75, 3.05) is 5.73 Å². The van der Waals surface area contributed by atoms with E-state index in [-0.39, 0.29) is 11.4 Å². The number of rotatable bonds is 4. The number of hydrogen-bond acceptors (Lipinski definition) is 3. The molecule has 0 heterocycles. The van der Waals surface area contributed by atoms with E-state index < -0.39 is 10.0 Å². The van der Waals surface area contributed by atoms with Gasteiger partial charge in [-0.1, -0.05) is 29.8 Å². The summed E-state index contributed by atoms with van der Waals surface area (Å²) in [5.41, 5.74) is 9.78. The minimum Gasteiger partial charge on any atom is -0.398 e. The molecule has 2 aromatic rings. The Morgan fingerprint density at radius 1 is 1.05 bits per heavy atom. The van der Waals surface area contributed by atoms with Crippen LogP contribution in [0, 0.1) is 20.8 Å². The molecule has 21 heavy (non-hydrogen) atoms. The first kappa shape index (κ1) is 15.5. The van der Waals surface area contributed by atoms with Gasteiger partial charge in [-0.15, -0.1) is 0 Å². The average Bonchev–Trinajstić information content (AvgIpc) is 2.41. The summed E-state index contributed by atoms with van der Waals surface area (Å²) in [6.45, 7) is 5.78. The van der Waals surface area contributed by atoms with E-state index in [1.165, 1.54) is 0 Å². The molecule has 0 spiro atoms. The number of sulfonamides is 1. The number of nitrogen functional groups attached to an aromatic ring is 1. The van der Waals surface area contributed by atoms with E-state index >= 15 is 0 Å². The van der Waals surface area contributed by atoms with Crippen molar-refractivity contribution in [2.24, 2.45) is 0 Å². The van der Waals surface area contributed by atoms with Gasteiger partial charge in [0.05, 0.1) is 4.90 Å². The molecular formula is C16H20N2O2S. The lowest BCUT2D eigenvalue weighted by Crippen LogP contribution is -2.24. The molecule has 0 bridgehead atoms. The van der Waals surface area contributed by atoms with Crippen LogP contribution in [0.5, 0.6) is 0 Å². The van der Waals surface area contributed by atoms with Crippen LogP contribution in [0.1, 0.15) is 22.3 Å². The quantitative estimate of drug-likeness (QED) is 0.853. The van der Waals surface area contributed by atoms with Gasteiger partial charge < -0.3 is 5.73 Å². The number of benzene rings is 2. The zero-order valence-electron chi connectivity index (χ0n) is 12.5. The highest BCUT2D eigenvalue weighted by Gasteiger charge is 2.18. The first-order valence-corrected chi connectivity index (χ1v) is 8.20. The first-order valence-electron chi connectivity index (χ1n) is 6.71. The van der Waals surface area contributed by atoms with Crippen molar-refractivity contribution in [3.05, 3.63) is 58.7 Å². The maximum Gasteiger partial charge on any atom is 0.241 e. The van der Waals surface area contributed by atoms with Gasteiger partial charge in [-0.25, -0.2) is 13.1 Å². The van der Waals surface area contributed by atoms with Crippen molar-refractivity contribution >= 4 is 15.7 Å². The van der Waals surface area contributed by atoms with Crippen molar-refractivity contribution in [3.8, 4) is 0 Å². The number of aryl methyl sites for hydroxylation is 2. The van der Waals surface area contributed by atoms with E-state index in [4.69, 9.17) is 5.73 Å². The number of nitrogens with one attached hydrogen (secondary N) is 1. The fourth-order valence-electron chi connectivity index (χ4n) is 2.21. The predicted octanol–water partition coefficient (Wildman–Crippen LogP) is 2.67. The molecule has 2 aromatic carbocycles. The second-order valence-electron chi connectivity index (χ2n) is 5.29. The van der Waals surface area contributed by atoms with E-state index in [1.807, 2.05) is 38.1 Å². The number of anilines is 1. The topological polar surface area (TPSA) is 72.2 Å². The smallest absolute Gasteiger partial charge is 0.241 e. The fraction of sp³-hybridized carbons (Fsp3) is 0.250. The van der Waals surface area contributed by atoms with Crippen molar-refractivity contribution in [3.63, 3.8) is 0 Å². The van der Waals surface area contributed by atoms with Crippen LogP contribution in [0.2, 0.25) is 0 Å². The van der Waals surface area contributed by atoms with Gasteiger partial charge in [0.25, 0.3) is 0 Å². The fourth-order valence-corrected chi connectivity index (χ4v) is 3.58. The average molecular weight is 304 g/mol. The van der Waals surface area contributed by atoms with Gasteiger partial charge in [0.2, 0.25) is 10.0 Å². The van der Waals surface area contributed by atoms with Crippen LogP contribution < -0.4 is 10.5 Å². The highest BCUT2D eigenvalue weighted by Crippen LogP contribution is 2.23. The van der Waals surface area contributed by atoms with Crippen LogP contribution in [-0.2, 0) is 16.6 Å². The Hall–Kier alpha value is -1.85. The Morgan fingerprint density at radius 3 is 2.43 bits per heavy atom. The van der Waals surface area contributed by atoms with Crippen molar-refractivity contribution in [2.45, 2.75) is 32.2 Å². The molecule has 0 aromatic heterocycles. The molecule has 0 saturated carbocycles. The van der Waals surface area contributed by atoms with Crippen molar-refractivity contribution in [1.82, 2.24) is 4.72 Å². The van der Waals surface area contributed by atoms with E-state index in [0.717, 1.165) is 16.7 Å². The molecule has 0 radical (unpaired) electrons. The lowest BCUT2D eigenvalue weighted by Gasteiger charge is -2.12. The molecule has 3 N–H and O–H groups in total. The summed E-state index contributed by atoms with van der Waals surface area (Å²) in [5, 5.41) is 0. The molecule has 0 amide bonds. The molecule has 0 atom stereocenters. The predicted molar refractivity (Wildman–Crippen MR) is 85.5 cm³/mol. The summed E-state index contributed by atoms with van der Waals surface area (Å²) in [7, 11) is -3.58. The summed E-state index contributed by atoms with van der Waals surface area (Å²) in [5.74, 6) is 0. The monoisotopic (exact) mass is 304 g/mol. The zero-order valence-corrected chi connectivity index (χ0v) is 13.3. The minimum atomic E-state index is -3.58. The summed E-state index contributed by atoms with van der Waals surface area (Å²) >= 11 is 0. The third-order valence-electron chi connectivity index (χ3n) is 3.38. The molecule has 0 aliphatic carbocycles. The number of hydrogen-bond donors (Lipinski definition) is 2. The Kier molecular flexibility index (Phi) is 4.34. The molecule has 0 aliphatic heterocycles. The molecule has 4 nitrogen and oxygen atoms in total. The van der Waals surface area contributed by atoms with Crippen LogP contribution in [0.4, 0.5) is 5.69 Å². The van der Waals surface area contributed by atoms with E-state index in [9.17, 15) is 8.42 Å². The molecular weight excluding hydrogens is 284 g/mol. The lowest BCUT2D eigenvalue weighted by molar-refractivity contribution is 0.580. The van der Waals surface area contributed by atoms with E-state index in [0.29, 0.717) is 11.3 Å². The van der Waals surface area contributed by atoms with Gasteiger partial charge in [-0.05, 0) is 49.6 Å². The highest BCUT2D eigenvalue weighted by atomic mass is 32.2. The van der Waals surface area contributed by atoms with Crippen LogP contribution in [0.15, 0.2) is 41.3 Å². The molecule has 0 unspecified atom stereocenters. The van der Waals surface area contributed by atoms with Crippen LogP contribution >= 0.6 is 0 Å². The van der Waals surface area contributed by atoms with Gasteiger partial charge in [0, 0.05) is 12.2 Å². The normalized spacial score (nSPS) is 11.6. The number of nitrogens with two attached hydrogens (primary N) is 1. The largest absolute Gasteiger partial charge is 0.398 e. The van der Waals surface area contributed by atoms with Gasteiger partial charge in [-0.2, -0.15) is 0 Å². The molecule has 0 saturated heterocycles. The second kappa shape index (κ2) is 5.87. The van der Waals surface area contributed by atoms with Gasteiger partial charge in [0.1, 0.15) is 0 Å². The molecule has 112 valence electrons. The van der Waals surface area contributed by atoms with Crippen LogP contribution in [0.25, 0.3) is 0 Å². The summed E-state index contributed by atoms with van der Waals surface area (Å²) in [6.07, 6.45) is 0. The Morgan fingerprint density at radius 2 is 1.76 bits per heavy atom. The Labute approximate surface area is 126 Å². The van der Waals surface area contributed by atoms with Gasteiger partial charge in [0.15, 0.2) is 0 Å². The maximum absolute atomic E-state index is 12.4. The second-order valence-corrected chi connectivity index (χ2v) is 7.03. The molecule has 0 fully saturated rings. The van der Waals surface area contributed by atoms with Crippen LogP contribution in [0.3, 0.4) is 0 Å². The molecule has 2 rings (SSSR count). The van der Waals surface area contributed by atoms with Crippen LogP contribution in [-0.4, -0.2) is 8.42 Å². The summed E-state index contributed by atoms with van der Waals surface area (Å²) in [6, 6.07) is 11.2. The zero-order chi connectivity index (χ0) is 15.6. The molecule has 5 heteroatoms. The maximum atomic E-state index is 12.4. The Balaban J connectivity index is 2.27. The third-order valence-corrected chi connectivity index (χ3v) is 4.91. The van der Waals surface area contributed by atoms with E-state index in [1.54, 1.807) is 19.1 Å². The van der Waals surface area contributed by atoms with Gasteiger partial charge >= 0.3 is 0 Å².